The summed E-state index contributed by atoms with van der Waals surface area (Å²) < 4.78 is 5.02. The largest absolute Gasteiger partial charge is 0.480 e. The molecule has 0 aliphatic heterocycles. The highest BCUT2D eigenvalue weighted by Crippen LogP contribution is 2.26. The molecule has 1 saturated carbocycles. The van der Waals surface area contributed by atoms with Gasteiger partial charge in [-0.1, -0.05) is 19.0 Å². The van der Waals surface area contributed by atoms with E-state index in [9.17, 15) is 9.59 Å². The summed E-state index contributed by atoms with van der Waals surface area (Å²) in [5.41, 5.74) is 0.768. The van der Waals surface area contributed by atoms with Gasteiger partial charge in [-0.3, -0.25) is 19.8 Å². The van der Waals surface area contributed by atoms with Gasteiger partial charge in [0.2, 0.25) is 11.8 Å². The molecule has 7 heteroatoms. The van der Waals surface area contributed by atoms with Gasteiger partial charge < -0.3 is 9.63 Å². The number of hydrogen-bond donors (Lipinski definition) is 2. The molecule has 0 aromatic carbocycles. The summed E-state index contributed by atoms with van der Waals surface area (Å²) in [5.74, 6) is -0.694. The quantitative estimate of drug-likeness (QED) is 0.781. The van der Waals surface area contributed by atoms with Gasteiger partial charge in [-0.2, -0.15) is 0 Å². The Morgan fingerprint density at radius 1 is 1.50 bits per heavy atom. The van der Waals surface area contributed by atoms with Crippen LogP contribution in [0.25, 0.3) is 0 Å². The number of anilines is 1. The van der Waals surface area contributed by atoms with Crippen LogP contribution in [0.5, 0.6) is 0 Å². The van der Waals surface area contributed by atoms with Gasteiger partial charge in [0.15, 0.2) is 0 Å². The fourth-order valence-electron chi connectivity index (χ4n) is 1.91. The zero-order valence-corrected chi connectivity index (χ0v) is 11.6. The number of nitrogens with one attached hydrogen (secondary N) is 1. The zero-order chi connectivity index (χ0) is 14.7. The average Bonchev–Trinajstić information content (AvgIpc) is 3.08. The molecular formula is C13H19N3O4. The topological polar surface area (TPSA) is 95.7 Å². The Labute approximate surface area is 116 Å². The summed E-state index contributed by atoms with van der Waals surface area (Å²) in [6, 6.07) is 1.89. The molecule has 0 radical (unpaired) electrons. The second kappa shape index (κ2) is 6.04. The van der Waals surface area contributed by atoms with Gasteiger partial charge in [0.25, 0.3) is 0 Å². The Balaban J connectivity index is 1.88. The lowest BCUT2D eigenvalue weighted by Gasteiger charge is -2.18. The predicted octanol–water partition coefficient (Wildman–Crippen LogP) is 1.29. The highest BCUT2D eigenvalue weighted by molar-refractivity contribution is 5.91. The Bertz CT molecular complexity index is 494. The number of aliphatic carboxylic acids is 1. The molecule has 1 aromatic rings. The Morgan fingerprint density at radius 2 is 2.20 bits per heavy atom. The number of amides is 1. The molecule has 2 N–H and O–H groups in total. The van der Waals surface area contributed by atoms with Crippen LogP contribution in [0.4, 0.5) is 5.88 Å². The summed E-state index contributed by atoms with van der Waals surface area (Å²) in [7, 11) is 0. The molecule has 7 nitrogen and oxygen atoms in total. The number of carbonyl (C=O) groups is 2. The summed E-state index contributed by atoms with van der Waals surface area (Å²) in [6.07, 6.45) is 1.89. The summed E-state index contributed by atoms with van der Waals surface area (Å²) in [4.78, 5) is 24.3. The molecule has 20 heavy (non-hydrogen) atoms. The number of carboxylic acids is 1. The first-order valence-electron chi connectivity index (χ1n) is 6.68. The van der Waals surface area contributed by atoms with E-state index in [0.717, 1.165) is 18.5 Å². The number of carbonyl (C=O) groups excluding carboxylic acids is 1. The van der Waals surface area contributed by atoms with Crippen molar-refractivity contribution in [3.8, 4) is 0 Å². The molecule has 0 bridgehead atoms. The van der Waals surface area contributed by atoms with E-state index in [1.54, 1.807) is 11.0 Å². The third kappa shape index (κ3) is 4.06. The maximum absolute atomic E-state index is 11.9. The number of carboxylic acid groups (broad SMARTS) is 1. The maximum atomic E-state index is 11.9. The van der Waals surface area contributed by atoms with Gasteiger partial charge in [-0.15, -0.1) is 0 Å². The molecule has 0 saturated heterocycles. The van der Waals surface area contributed by atoms with E-state index < -0.39 is 5.97 Å². The molecule has 1 amide bonds. The highest BCUT2D eigenvalue weighted by atomic mass is 16.5. The Kier molecular flexibility index (Phi) is 4.39. The van der Waals surface area contributed by atoms with Crippen LogP contribution in [-0.4, -0.2) is 46.2 Å². The molecule has 2 rings (SSSR count). The minimum atomic E-state index is -0.925. The van der Waals surface area contributed by atoms with E-state index in [4.69, 9.17) is 9.63 Å². The first kappa shape index (κ1) is 14.5. The molecule has 1 heterocycles. The van der Waals surface area contributed by atoms with Crippen molar-refractivity contribution < 1.29 is 19.2 Å². The maximum Gasteiger partial charge on any atom is 0.317 e. The lowest BCUT2D eigenvalue weighted by atomic mass is 10.1. The van der Waals surface area contributed by atoms with Crippen LogP contribution in [0.2, 0.25) is 0 Å². The van der Waals surface area contributed by atoms with Crippen molar-refractivity contribution in [3.05, 3.63) is 11.8 Å². The number of aromatic nitrogens is 1. The lowest BCUT2D eigenvalue weighted by Crippen LogP contribution is -2.38. The fraction of sp³-hybridized carbons (Fsp3) is 0.615. The first-order valence-corrected chi connectivity index (χ1v) is 6.68. The molecule has 1 aliphatic rings. The van der Waals surface area contributed by atoms with Crippen molar-refractivity contribution in [2.24, 2.45) is 0 Å². The van der Waals surface area contributed by atoms with Crippen molar-refractivity contribution in [1.29, 1.82) is 0 Å². The van der Waals surface area contributed by atoms with Crippen molar-refractivity contribution >= 4 is 17.8 Å². The van der Waals surface area contributed by atoms with Gasteiger partial charge in [0, 0.05) is 12.1 Å². The molecule has 1 aromatic heterocycles. The smallest absolute Gasteiger partial charge is 0.317 e. The van der Waals surface area contributed by atoms with Crippen LogP contribution in [0.3, 0.4) is 0 Å². The van der Waals surface area contributed by atoms with Crippen molar-refractivity contribution in [3.63, 3.8) is 0 Å². The third-order valence-corrected chi connectivity index (χ3v) is 3.13. The summed E-state index contributed by atoms with van der Waals surface area (Å²) in [5, 5.41) is 15.3. The van der Waals surface area contributed by atoms with Crippen LogP contribution < -0.4 is 5.32 Å². The average molecular weight is 281 g/mol. The Hall–Kier alpha value is -1.89. The van der Waals surface area contributed by atoms with Gasteiger partial charge >= 0.3 is 5.97 Å². The Morgan fingerprint density at radius 3 is 2.70 bits per heavy atom. The van der Waals surface area contributed by atoms with E-state index >= 15 is 0 Å². The van der Waals surface area contributed by atoms with E-state index in [1.165, 1.54) is 0 Å². The summed E-state index contributed by atoms with van der Waals surface area (Å²) in [6.45, 7) is 3.89. The lowest BCUT2D eigenvalue weighted by molar-refractivity contribution is -0.138. The molecule has 1 aliphatic carbocycles. The summed E-state index contributed by atoms with van der Waals surface area (Å²) >= 11 is 0. The van der Waals surface area contributed by atoms with Crippen LogP contribution in [-0.2, 0) is 9.59 Å². The van der Waals surface area contributed by atoms with E-state index in [1.807, 2.05) is 13.8 Å². The van der Waals surface area contributed by atoms with Crippen LogP contribution >= 0.6 is 0 Å². The first-order chi connectivity index (χ1) is 9.45. The second-order valence-corrected chi connectivity index (χ2v) is 5.35. The molecular weight excluding hydrogens is 262 g/mol. The molecule has 110 valence electrons. The van der Waals surface area contributed by atoms with Crippen LogP contribution in [0.15, 0.2) is 10.6 Å². The number of rotatable bonds is 7. The van der Waals surface area contributed by atoms with Crippen molar-refractivity contribution in [1.82, 2.24) is 10.1 Å². The van der Waals surface area contributed by atoms with Crippen molar-refractivity contribution in [2.45, 2.75) is 38.6 Å². The van der Waals surface area contributed by atoms with Gasteiger partial charge in [0.1, 0.15) is 0 Å². The monoisotopic (exact) mass is 281 g/mol. The van der Waals surface area contributed by atoms with E-state index in [0.29, 0.717) is 5.88 Å². The highest BCUT2D eigenvalue weighted by Gasteiger charge is 2.31. The van der Waals surface area contributed by atoms with Crippen LogP contribution in [0.1, 0.15) is 38.3 Å². The van der Waals surface area contributed by atoms with Gasteiger partial charge in [-0.05, 0) is 18.8 Å². The van der Waals surface area contributed by atoms with E-state index in [-0.39, 0.29) is 31.0 Å². The predicted molar refractivity (Wildman–Crippen MR) is 71.5 cm³/mol. The second-order valence-electron chi connectivity index (χ2n) is 5.35. The third-order valence-electron chi connectivity index (χ3n) is 3.13. The van der Waals surface area contributed by atoms with Gasteiger partial charge in [-0.25, -0.2) is 0 Å². The minimum Gasteiger partial charge on any atom is -0.480 e. The standard InChI is InChI=1S/C13H19N3O4/c1-8(2)10-5-12(20-15-10)14-11(17)6-16(7-13(18)19)9-3-4-9/h5,8-9H,3-4,6-7H2,1-2H3,(H,14,17)(H,18,19). The molecule has 0 atom stereocenters. The normalized spacial score (nSPS) is 14.8. The molecule has 1 fully saturated rings. The number of nitrogens with zero attached hydrogens (tertiary/aromatic N) is 2. The number of hydrogen-bond acceptors (Lipinski definition) is 5. The zero-order valence-electron chi connectivity index (χ0n) is 11.6. The molecule has 0 spiro atoms. The fourth-order valence-corrected chi connectivity index (χ4v) is 1.91. The minimum absolute atomic E-state index is 0.0503. The van der Waals surface area contributed by atoms with Crippen LogP contribution in [0, 0.1) is 0 Å². The van der Waals surface area contributed by atoms with E-state index in [2.05, 4.69) is 10.5 Å². The SMILES string of the molecule is CC(C)c1cc(NC(=O)CN(CC(=O)O)C2CC2)on1. The van der Waals surface area contributed by atoms with Crippen molar-refractivity contribution in [2.75, 3.05) is 18.4 Å². The molecule has 0 unspecified atom stereocenters. The van der Waals surface area contributed by atoms with Gasteiger partial charge in [0.05, 0.1) is 18.8 Å².